The van der Waals surface area contributed by atoms with E-state index in [0.29, 0.717) is 11.6 Å². The molecule has 1 aliphatic rings. The highest BCUT2D eigenvalue weighted by atomic mass is 79.9. The largest absolute Gasteiger partial charge is 0.318 e. The number of hydrogen-bond acceptors (Lipinski definition) is 2. The molecule has 1 aliphatic heterocycles. The van der Waals surface area contributed by atoms with Gasteiger partial charge in [0, 0.05) is 10.2 Å². The number of halogens is 2. The summed E-state index contributed by atoms with van der Waals surface area (Å²) in [5.41, 5.74) is 6.32. The molecule has 0 aliphatic carbocycles. The van der Waals surface area contributed by atoms with Gasteiger partial charge in [0.25, 0.3) is 0 Å². The molecular weight excluding hydrogens is 267 g/mol. The molecule has 0 bridgehead atoms. The van der Waals surface area contributed by atoms with Crippen molar-refractivity contribution >= 4 is 39.1 Å². The van der Waals surface area contributed by atoms with Gasteiger partial charge in [-0.3, -0.25) is 4.79 Å². The van der Waals surface area contributed by atoms with E-state index in [0.717, 1.165) is 10.2 Å². The highest BCUT2D eigenvalue weighted by Gasteiger charge is 2.34. The number of anilines is 1. The maximum atomic E-state index is 11.3. The lowest BCUT2D eigenvalue weighted by atomic mass is 10.1. The summed E-state index contributed by atoms with van der Waals surface area (Å²) in [4.78, 5) is 12.9. The first-order chi connectivity index (χ1) is 6.59. The lowest BCUT2D eigenvalue weighted by molar-refractivity contribution is -0.123. The summed E-state index contributed by atoms with van der Waals surface area (Å²) in [7, 11) is 0. The molecule has 2 N–H and O–H groups in total. The van der Waals surface area contributed by atoms with Gasteiger partial charge in [-0.1, -0.05) is 11.6 Å². The van der Waals surface area contributed by atoms with E-state index in [1.165, 1.54) is 0 Å². The zero-order valence-corrected chi connectivity index (χ0v) is 9.55. The van der Waals surface area contributed by atoms with Crippen LogP contribution in [0.2, 0.25) is 5.02 Å². The number of carbonyl (C=O) groups is 1. The van der Waals surface area contributed by atoms with Gasteiger partial charge in [0.1, 0.15) is 6.04 Å². The van der Waals surface area contributed by atoms with E-state index in [1.807, 2.05) is 6.07 Å². The van der Waals surface area contributed by atoms with Crippen molar-refractivity contribution in [3.63, 3.8) is 0 Å². The fourth-order valence-electron chi connectivity index (χ4n) is 1.34. The molecule has 1 heterocycles. The van der Waals surface area contributed by atoms with Crippen LogP contribution >= 0.6 is 27.5 Å². The summed E-state index contributed by atoms with van der Waals surface area (Å²) >= 11 is 9.14. The molecule has 1 amide bonds. The number of hydrogen-bond donors (Lipinski definition) is 1. The van der Waals surface area contributed by atoms with Crippen molar-refractivity contribution in [2.24, 2.45) is 5.73 Å². The van der Waals surface area contributed by atoms with Gasteiger partial charge >= 0.3 is 0 Å². The molecule has 0 aromatic heterocycles. The molecule has 14 heavy (non-hydrogen) atoms. The van der Waals surface area contributed by atoms with Gasteiger partial charge in [-0.2, -0.15) is 0 Å². The van der Waals surface area contributed by atoms with E-state index in [9.17, 15) is 4.79 Å². The smallest absolute Gasteiger partial charge is 0.245 e. The number of nitrogens with two attached hydrogens (primary N) is 1. The Hall–Kier alpha value is -0.580. The van der Waals surface area contributed by atoms with Crippen LogP contribution in [0.15, 0.2) is 22.7 Å². The predicted molar refractivity (Wildman–Crippen MR) is 59.5 cm³/mol. The number of benzene rings is 1. The molecule has 1 aromatic rings. The lowest BCUT2D eigenvalue weighted by Gasteiger charge is -2.36. The molecule has 74 valence electrons. The minimum absolute atomic E-state index is 0.0424. The number of β-lactam (4-membered cyclic amide) rings is 1. The van der Waals surface area contributed by atoms with Crippen molar-refractivity contribution in [1.82, 2.24) is 0 Å². The van der Waals surface area contributed by atoms with E-state index in [2.05, 4.69) is 15.9 Å². The standard InChI is InChI=1S/C9H8BrClN2O/c10-6-3-5(1-2-7(6)11)13-4-8(12)9(13)14/h1-3,8H,4,12H2. The van der Waals surface area contributed by atoms with E-state index >= 15 is 0 Å². The van der Waals surface area contributed by atoms with Gasteiger partial charge in [0.05, 0.1) is 11.6 Å². The Balaban J connectivity index is 2.26. The Morgan fingerprint density at radius 2 is 2.29 bits per heavy atom. The molecule has 1 unspecified atom stereocenters. The van der Waals surface area contributed by atoms with E-state index in [4.69, 9.17) is 17.3 Å². The topological polar surface area (TPSA) is 46.3 Å². The Morgan fingerprint density at radius 3 is 2.79 bits per heavy atom. The normalized spacial score (nSPS) is 20.9. The van der Waals surface area contributed by atoms with Crippen molar-refractivity contribution in [3.8, 4) is 0 Å². The Bertz CT molecular complexity index is 396. The third-order valence-electron chi connectivity index (χ3n) is 2.18. The van der Waals surface area contributed by atoms with Crippen LogP contribution in [0, 0.1) is 0 Å². The quantitative estimate of drug-likeness (QED) is 0.794. The summed E-state index contributed by atoms with van der Waals surface area (Å²) in [5, 5.41) is 0.631. The Kier molecular flexibility index (Phi) is 2.51. The van der Waals surface area contributed by atoms with Gasteiger partial charge in [-0.05, 0) is 34.1 Å². The van der Waals surface area contributed by atoms with E-state index in [1.54, 1.807) is 17.0 Å². The second kappa shape index (κ2) is 3.53. The molecule has 0 spiro atoms. The zero-order valence-electron chi connectivity index (χ0n) is 7.21. The van der Waals surface area contributed by atoms with E-state index in [-0.39, 0.29) is 11.9 Å². The Labute approximate surface area is 95.0 Å². The van der Waals surface area contributed by atoms with Crippen molar-refractivity contribution in [2.75, 3.05) is 11.4 Å². The maximum absolute atomic E-state index is 11.3. The highest BCUT2D eigenvalue weighted by molar-refractivity contribution is 9.10. The first-order valence-corrected chi connectivity index (χ1v) is 5.28. The molecule has 0 saturated carbocycles. The summed E-state index contributed by atoms with van der Waals surface area (Å²) in [6.45, 7) is 0.576. The maximum Gasteiger partial charge on any atom is 0.245 e. The lowest BCUT2D eigenvalue weighted by Crippen LogP contribution is -2.61. The van der Waals surface area contributed by atoms with E-state index < -0.39 is 0 Å². The van der Waals surface area contributed by atoms with Crippen molar-refractivity contribution in [3.05, 3.63) is 27.7 Å². The minimum atomic E-state index is -0.343. The molecule has 0 radical (unpaired) electrons. The van der Waals surface area contributed by atoms with Crippen LogP contribution in [-0.4, -0.2) is 18.5 Å². The Morgan fingerprint density at radius 1 is 1.57 bits per heavy atom. The number of rotatable bonds is 1. The molecule has 1 atom stereocenters. The summed E-state index contributed by atoms with van der Waals surface area (Å²) in [6, 6.07) is 5.02. The third kappa shape index (κ3) is 1.54. The zero-order chi connectivity index (χ0) is 10.3. The first kappa shape index (κ1) is 9.96. The SMILES string of the molecule is NC1CN(c2ccc(Cl)c(Br)c2)C1=O. The third-order valence-corrected chi connectivity index (χ3v) is 3.39. The van der Waals surface area contributed by atoms with Gasteiger partial charge in [0.2, 0.25) is 5.91 Å². The van der Waals surface area contributed by atoms with Crippen LogP contribution < -0.4 is 10.6 Å². The van der Waals surface area contributed by atoms with Crippen molar-refractivity contribution in [1.29, 1.82) is 0 Å². The van der Waals surface area contributed by atoms with Crippen molar-refractivity contribution < 1.29 is 4.79 Å². The molecule has 5 heteroatoms. The monoisotopic (exact) mass is 274 g/mol. The summed E-state index contributed by atoms with van der Waals surface area (Å²) < 4.78 is 0.782. The van der Waals surface area contributed by atoms with Crippen LogP contribution in [0.25, 0.3) is 0 Å². The van der Waals surface area contributed by atoms with Crippen LogP contribution in [0.3, 0.4) is 0 Å². The molecule has 3 nitrogen and oxygen atoms in total. The number of nitrogens with zero attached hydrogens (tertiary/aromatic N) is 1. The molecule has 1 aromatic carbocycles. The second-order valence-corrected chi connectivity index (χ2v) is 4.42. The molecular formula is C9H8BrClN2O. The fourth-order valence-corrected chi connectivity index (χ4v) is 1.82. The number of carbonyl (C=O) groups excluding carboxylic acids is 1. The van der Waals surface area contributed by atoms with Gasteiger partial charge in [-0.25, -0.2) is 0 Å². The van der Waals surface area contributed by atoms with Gasteiger partial charge < -0.3 is 10.6 Å². The second-order valence-electron chi connectivity index (χ2n) is 3.15. The van der Waals surface area contributed by atoms with Gasteiger partial charge in [-0.15, -0.1) is 0 Å². The molecule has 1 fully saturated rings. The van der Waals surface area contributed by atoms with Crippen LogP contribution in [0.4, 0.5) is 5.69 Å². The minimum Gasteiger partial charge on any atom is -0.318 e. The van der Waals surface area contributed by atoms with Gasteiger partial charge in [0.15, 0.2) is 0 Å². The fraction of sp³-hybridized carbons (Fsp3) is 0.222. The van der Waals surface area contributed by atoms with Crippen molar-refractivity contribution in [2.45, 2.75) is 6.04 Å². The first-order valence-electron chi connectivity index (χ1n) is 4.11. The van der Waals surface area contributed by atoms with Crippen LogP contribution in [-0.2, 0) is 4.79 Å². The average molecular weight is 276 g/mol. The number of amides is 1. The highest BCUT2D eigenvalue weighted by Crippen LogP contribution is 2.29. The van der Waals surface area contributed by atoms with Crippen LogP contribution in [0.1, 0.15) is 0 Å². The molecule has 2 rings (SSSR count). The summed E-state index contributed by atoms with van der Waals surface area (Å²) in [5.74, 6) is -0.0424. The summed E-state index contributed by atoms with van der Waals surface area (Å²) in [6.07, 6.45) is 0. The average Bonchev–Trinajstić information content (AvgIpc) is 2.18. The predicted octanol–water partition coefficient (Wildman–Crippen LogP) is 1.78. The molecule has 1 saturated heterocycles. The van der Waals surface area contributed by atoms with Crippen LogP contribution in [0.5, 0.6) is 0 Å².